The van der Waals surface area contributed by atoms with Gasteiger partial charge in [0, 0.05) is 31.8 Å². The average Bonchev–Trinajstić information content (AvgIpc) is 3.55. The molecular formula is C27H29F2N7O2. The molecule has 38 heavy (non-hydrogen) atoms. The predicted octanol–water partition coefficient (Wildman–Crippen LogP) is 3.16. The SMILES string of the molecule is CC#CC(=O)N1CC[C@]2(C1)C[C@H](n1nc(-c3ccn(Cc4cccc(C(C)(F)F)c4)n3)c(C(N)=O)c1N)C2. The largest absolute Gasteiger partial charge is 0.383 e. The van der Waals surface area contributed by atoms with Gasteiger partial charge in [-0.05, 0) is 55.2 Å². The van der Waals surface area contributed by atoms with Crippen LogP contribution in [0.5, 0.6) is 0 Å². The fraction of sp³-hybridized carbons (Fsp3) is 0.407. The Hall–Kier alpha value is -4.20. The van der Waals surface area contributed by atoms with Gasteiger partial charge in [-0.25, -0.2) is 13.5 Å². The zero-order chi connectivity index (χ0) is 27.2. The Bertz CT molecular complexity index is 1470. The van der Waals surface area contributed by atoms with Crippen molar-refractivity contribution in [3.8, 4) is 23.2 Å². The third-order valence-corrected chi connectivity index (χ3v) is 7.50. The summed E-state index contributed by atoms with van der Waals surface area (Å²) >= 11 is 0. The molecule has 3 aromatic rings. The third-order valence-electron chi connectivity index (χ3n) is 7.50. The van der Waals surface area contributed by atoms with Crippen LogP contribution in [0.4, 0.5) is 14.6 Å². The van der Waals surface area contributed by atoms with Crippen LogP contribution in [-0.2, 0) is 17.3 Å². The summed E-state index contributed by atoms with van der Waals surface area (Å²) < 4.78 is 30.7. The lowest BCUT2D eigenvalue weighted by Crippen LogP contribution is -2.42. The topological polar surface area (TPSA) is 125 Å². The highest BCUT2D eigenvalue weighted by atomic mass is 19.3. The van der Waals surface area contributed by atoms with E-state index in [2.05, 4.69) is 22.0 Å². The van der Waals surface area contributed by atoms with Crippen LogP contribution >= 0.6 is 0 Å². The second-order valence-corrected chi connectivity index (χ2v) is 10.3. The molecule has 1 aromatic carbocycles. The second kappa shape index (κ2) is 9.28. The Labute approximate surface area is 218 Å². The highest BCUT2D eigenvalue weighted by Crippen LogP contribution is 2.54. The summed E-state index contributed by atoms with van der Waals surface area (Å²) in [6.07, 6.45) is 4.11. The standard InChI is InChI=1S/C27H29F2N7O2/c1-3-5-21(37)34-11-9-27(16-34)13-19(14-27)36-24(30)22(25(31)38)23(33-36)20-8-10-35(32-20)15-17-6-4-7-18(12-17)26(2,28)29/h4,6-8,10,12,19H,9,11,13-16,30H2,1-2H3,(H2,31,38)/t19-,27-. The van der Waals surface area contributed by atoms with E-state index in [0.29, 0.717) is 24.3 Å². The summed E-state index contributed by atoms with van der Waals surface area (Å²) in [5.74, 6) is 1.63. The molecule has 198 valence electrons. The van der Waals surface area contributed by atoms with E-state index in [4.69, 9.17) is 11.5 Å². The van der Waals surface area contributed by atoms with Crippen molar-refractivity contribution in [2.45, 2.75) is 51.6 Å². The number of alkyl halides is 2. The minimum atomic E-state index is -2.94. The fourth-order valence-electron chi connectivity index (χ4n) is 5.59. The molecule has 5 rings (SSSR count). The van der Waals surface area contributed by atoms with Gasteiger partial charge in [-0.3, -0.25) is 14.3 Å². The lowest BCUT2D eigenvalue weighted by atomic mass is 9.65. The van der Waals surface area contributed by atoms with Gasteiger partial charge in [-0.2, -0.15) is 10.2 Å². The number of carbonyl (C=O) groups is 2. The number of benzene rings is 1. The lowest BCUT2D eigenvalue weighted by molar-refractivity contribution is -0.125. The van der Waals surface area contributed by atoms with Gasteiger partial charge in [0.05, 0.1) is 12.6 Å². The minimum absolute atomic E-state index is 0.00734. The quantitative estimate of drug-likeness (QED) is 0.482. The molecule has 1 saturated carbocycles. The molecule has 2 aromatic heterocycles. The molecule has 9 nitrogen and oxygen atoms in total. The minimum Gasteiger partial charge on any atom is -0.383 e. The van der Waals surface area contributed by atoms with Crippen molar-refractivity contribution in [1.29, 1.82) is 0 Å². The van der Waals surface area contributed by atoms with E-state index in [-0.39, 0.29) is 46.5 Å². The molecule has 1 aliphatic carbocycles. The molecule has 2 fully saturated rings. The van der Waals surface area contributed by atoms with Gasteiger partial charge in [0.15, 0.2) is 0 Å². The third kappa shape index (κ3) is 4.62. The van der Waals surface area contributed by atoms with Crippen LogP contribution in [0, 0.1) is 17.3 Å². The molecular weight excluding hydrogens is 492 g/mol. The van der Waals surface area contributed by atoms with Gasteiger partial charge >= 0.3 is 0 Å². The predicted molar refractivity (Wildman–Crippen MR) is 137 cm³/mol. The molecule has 0 atom stereocenters. The maximum absolute atomic E-state index is 13.7. The summed E-state index contributed by atoms with van der Waals surface area (Å²) in [4.78, 5) is 26.3. The molecule has 2 aliphatic rings. The zero-order valence-corrected chi connectivity index (χ0v) is 21.2. The van der Waals surface area contributed by atoms with E-state index in [1.54, 1.807) is 45.6 Å². The summed E-state index contributed by atoms with van der Waals surface area (Å²) in [7, 11) is 0. The Morgan fingerprint density at radius 3 is 2.68 bits per heavy atom. The first-order valence-electron chi connectivity index (χ1n) is 12.4. The number of nitrogens with two attached hydrogens (primary N) is 2. The number of hydrogen-bond donors (Lipinski definition) is 2. The monoisotopic (exact) mass is 521 g/mol. The first kappa shape index (κ1) is 25.4. The highest BCUT2D eigenvalue weighted by Gasteiger charge is 2.51. The first-order chi connectivity index (χ1) is 18.0. The molecule has 11 heteroatoms. The number of nitrogen functional groups attached to an aromatic ring is 1. The van der Waals surface area contributed by atoms with E-state index in [9.17, 15) is 18.4 Å². The van der Waals surface area contributed by atoms with Crippen LogP contribution in [-0.4, -0.2) is 49.4 Å². The van der Waals surface area contributed by atoms with Gasteiger partial charge < -0.3 is 16.4 Å². The van der Waals surface area contributed by atoms with E-state index in [0.717, 1.165) is 26.2 Å². The number of nitrogens with zero attached hydrogens (tertiary/aromatic N) is 5. The first-order valence-corrected chi connectivity index (χ1v) is 12.4. The van der Waals surface area contributed by atoms with Crippen LogP contribution < -0.4 is 11.5 Å². The Morgan fingerprint density at radius 1 is 1.24 bits per heavy atom. The number of carbonyl (C=O) groups excluding carboxylic acids is 2. The highest BCUT2D eigenvalue weighted by molar-refractivity contribution is 6.03. The molecule has 0 bridgehead atoms. The number of hydrogen-bond acceptors (Lipinski definition) is 5. The van der Waals surface area contributed by atoms with Crippen LogP contribution in [0.1, 0.15) is 60.6 Å². The van der Waals surface area contributed by atoms with Gasteiger partial charge in [0.1, 0.15) is 22.8 Å². The number of anilines is 1. The van der Waals surface area contributed by atoms with Crippen molar-refractivity contribution in [2.75, 3.05) is 18.8 Å². The van der Waals surface area contributed by atoms with Crippen LogP contribution in [0.25, 0.3) is 11.4 Å². The van der Waals surface area contributed by atoms with E-state index in [1.165, 1.54) is 12.1 Å². The molecule has 0 unspecified atom stereocenters. The van der Waals surface area contributed by atoms with E-state index in [1.807, 2.05) is 0 Å². The van der Waals surface area contributed by atoms with E-state index >= 15 is 0 Å². The number of aromatic nitrogens is 4. The number of primary amides is 1. The van der Waals surface area contributed by atoms with Crippen molar-refractivity contribution in [2.24, 2.45) is 11.1 Å². The maximum atomic E-state index is 13.7. The van der Waals surface area contributed by atoms with Gasteiger partial charge in [0.25, 0.3) is 17.7 Å². The summed E-state index contributed by atoms with van der Waals surface area (Å²) in [5, 5.41) is 9.16. The van der Waals surface area contributed by atoms with Gasteiger partial charge in [-0.15, -0.1) is 0 Å². The zero-order valence-electron chi connectivity index (χ0n) is 21.2. The Kier molecular flexibility index (Phi) is 6.21. The summed E-state index contributed by atoms with van der Waals surface area (Å²) in [6.45, 7) is 4.07. The fourth-order valence-corrected chi connectivity index (χ4v) is 5.59. The summed E-state index contributed by atoms with van der Waals surface area (Å²) in [5.41, 5.74) is 13.4. The molecule has 4 N–H and O–H groups in total. The molecule has 2 amide bonds. The van der Waals surface area contributed by atoms with Crippen LogP contribution in [0.15, 0.2) is 36.5 Å². The van der Waals surface area contributed by atoms with E-state index < -0.39 is 11.8 Å². The van der Waals surface area contributed by atoms with Crippen molar-refractivity contribution in [3.63, 3.8) is 0 Å². The van der Waals surface area contributed by atoms with Crippen molar-refractivity contribution < 1.29 is 18.4 Å². The Morgan fingerprint density at radius 2 is 2.00 bits per heavy atom. The van der Waals surface area contributed by atoms with Crippen molar-refractivity contribution >= 4 is 17.6 Å². The molecule has 1 spiro atoms. The molecule has 1 saturated heterocycles. The number of likely N-dealkylation sites (tertiary alicyclic amines) is 1. The van der Waals surface area contributed by atoms with Crippen molar-refractivity contribution in [3.05, 3.63) is 53.2 Å². The van der Waals surface area contributed by atoms with Crippen LogP contribution in [0.3, 0.4) is 0 Å². The normalized spacial score (nSPS) is 20.7. The lowest BCUT2D eigenvalue weighted by Gasteiger charge is -2.45. The summed E-state index contributed by atoms with van der Waals surface area (Å²) in [6, 6.07) is 7.82. The molecule has 0 radical (unpaired) electrons. The smallest absolute Gasteiger partial charge is 0.298 e. The second-order valence-electron chi connectivity index (χ2n) is 10.3. The van der Waals surface area contributed by atoms with Gasteiger partial charge in [-0.1, -0.05) is 24.1 Å². The number of rotatable bonds is 6. The molecule has 1 aliphatic heterocycles. The van der Waals surface area contributed by atoms with Crippen LogP contribution in [0.2, 0.25) is 0 Å². The maximum Gasteiger partial charge on any atom is 0.298 e. The van der Waals surface area contributed by atoms with Crippen molar-refractivity contribution in [1.82, 2.24) is 24.5 Å². The molecule has 3 heterocycles. The Balaban J connectivity index is 1.35. The average molecular weight is 522 g/mol. The number of halogens is 2. The van der Waals surface area contributed by atoms with Gasteiger partial charge in [0.2, 0.25) is 0 Å². The number of amides is 2.